The molecule has 2 aliphatic carbocycles. The van der Waals surface area contributed by atoms with E-state index >= 15 is 4.39 Å². The van der Waals surface area contributed by atoms with Gasteiger partial charge in [0.15, 0.2) is 0 Å². The SMILES string of the molecule is [C-]#[N+]CCNC1(C2CCN(c3c(F)cc4c(=O)[nH]c(=O)n(C5CC5)c4c3C)C2)CC1. The van der Waals surface area contributed by atoms with E-state index in [1.165, 1.54) is 6.07 Å². The molecule has 1 unspecified atom stereocenters. The topological polar surface area (TPSA) is 74.5 Å². The second kappa shape index (κ2) is 6.95. The molecule has 7 nitrogen and oxygen atoms in total. The molecule has 30 heavy (non-hydrogen) atoms. The Morgan fingerprint density at radius 3 is 2.77 bits per heavy atom. The van der Waals surface area contributed by atoms with Gasteiger partial charge in [-0.2, -0.15) is 0 Å². The van der Waals surface area contributed by atoms with Crippen LogP contribution in [0.3, 0.4) is 0 Å². The van der Waals surface area contributed by atoms with E-state index in [1.807, 2.05) is 6.92 Å². The summed E-state index contributed by atoms with van der Waals surface area (Å²) < 4.78 is 16.9. The lowest BCUT2D eigenvalue weighted by molar-refractivity contribution is 0.363. The molecule has 3 aliphatic rings. The minimum atomic E-state index is -0.527. The summed E-state index contributed by atoms with van der Waals surface area (Å²) in [5.41, 5.74) is 0.903. The van der Waals surface area contributed by atoms with Gasteiger partial charge in [0.25, 0.3) is 5.56 Å². The lowest BCUT2D eigenvalue weighted by Gasteiger charge is -2.26. The highest BCUT2D eigenvalue weighted by molar-refractivity contribution is 5.87. The summed E-state index contributed by atoms with van der Waals surface area (Å²) in [4.78, 5) is 32.7. The van der Waals surface area contributed by atoms with Crippen LogP contribution < -0.4 is 21.5 Å². The van der Waals surface area contributed by atoms with E-state index in [0.29, 0.717) is 35.8 Å². The average molecular weight is 411 g/mol. The number of aryl methyl sites for hydroxylation is 1. The van der Waals surface area contributed by atoms with Gasteiger partial charge in [0.2, 0.25) is 6.54 Å². The number of anilines is 1. The maximum atomic E-state index is 15.2. The molecule has 0 amide bonds. The first-order valence-electron chi connectivity index (χ1n) is 10.8. The van der Waals surface area contributed by atoms with Crippen molar-refractivity contribution in [3.05, 3.63) is 49.7 Å². The van der Waals surface area contributed by atoms with Crippen molar-refractivity contribution in [3.63, 3.8) is 0 Å². The Hall–Kier alpha value is -2.66. The fourth-order valence-corrected chi connectivity index (χ4v) is 5.28. The van der Waals surface area contributed by atoms with Crippen molar-refractivity contribution in [1.82, 2.24) is 14.9 Å². The maximum absolute atomic E-state index is 15.2. The average Bonchev–Trinajstić information content (AvgIpc) is 3.63. The molecule has 1 saturated heterocycles. The van der Waals surface area contributed by atoms with Gasteiger partial charge < -0.3 is 15.1 Å². The number of halogens is 1. The molecule has 2 aromatic rings. The van der Waals surface area contributed by atoms with Gasteiger partial charge in [0.1, 0.15) is 5.82 Å². The van der Waals surface area contributed by atoms with Crippen LogP contribution in [-0.2, 0) is 0 Å². The van der Waals surface area contributed by atoms with E-state index < -0.39 is 17.1 Å². The van der Waals surface area contributed by atoms with Gasteiger partial charge in [-0.05, 0) is 51.0 Å². The molecule has 1 aromatic heterocycles. The zero-order valence-electron chi connectivity index (χ0n) is 17.1. The summed E-state index contributed by atoms with van der Waals surface area (Å²) in [5, 5.41) is 3.81. The number of hydrogen-bond acceptors (Lipinski definition) is 4. The van der Waals surface area contributed by atoms with Crippen LogP contribution in [0, 0.1) is 25.2 Å². The van der Waals surface area contributed by atoms with Crippen LogP contribution in [0.15, 0.2) is 15.7 Å². The predicted octanol–water partition coefficient (Wildman–Crippen LogP) is 2.34. The molecule has 3 fully saturated rings. The number of H-pyrrole nitrogens is 1. The number of aromatic nitrogens is 2. The zero-order chi connectivity index (χ0) is 21.0. The smallest absolute Gasteiger partial charge is 0.329 e. The van der Waals surface area contributed by atoms with Crippen molar-refractivity contribution in [3.8, 4) is 0 Å². The molecule has 1 atom stereocenters. The van der Waals surface area contributed by atoms with Crippen LogP contribution in [0.5, 0.6) is 0 Å². The van der Waals surface area contributed by atoms with E-state index in [2.05, 4.69) is 20.0 Å². The third kappa shape index (κ3) is 3.03. The normalized spacial score (nSPS) is 22.4. The molecule has 5 rings (SSSR count). The first kappa shape index (κ1) is 19.3. The quantitative estimate of drug-likeness (QED) is 0.565. The summed E-state index contributed by atoms with van der Waals surface area (Å²) in [5.74, 6) is 0.000454. The summed E-state index contributed by atoms with van der Waals surface area (Å²) in [6, 6.07) is 1.38. The van der Waals surface area contributed by atoms with E-state index in [-0.39, 0.29) is 17.0 Å². The number of hydrogen-bond donors (Lipinski definition) is 2. The largest absolute Gasteiger partial charge is 0.369 e. The third-order valence-electron chi connectivity index (χ3n) is 7.07. The molecule has 1 aliphatic heterocycles. The number of fused-ring (bicyclic) bond motifs is 1. The first-order chi connectivity index (χ1) is 14.4. The second-order valence-corrected chi connectivity index (χ2v) is 8.98. The Balaban J connectivity index is 1.51. The number of benzene rings is 1. The van der Waals surface area contributed by atoms with Gasteiger partial charge >= 0.3 is 5.69 Å². The molecule has 2 heterocycles. The van der Waals surface area contributed by atoms with Crippen molar-refractivity contribution in [1.29, 1.82) is 0 Å². The van der Waals surface area contributed by atoms with Crippen molar-refractivity contribution >= 4 is 16.6 Å². The number of nitrogens with zero attached hydrogens (tertiary/aromatic N) is 3. The fraction of sp³-hybridized carbons (Fsp3) is 0.591. The van der Waals surface area contributed by atoms with Gasteiger partial charge in [-0.3, -0.25) is 14.3 Å². The minimum absolute atomic E-state index is 0.0773. The van der Waals surface area contributed by atoms with Gasteiger partial charge in [-0.15, -0.1) is 0 Å². The Morgan fingerprint density at radius 2 is 2.10 bits per heavy atom. The molecule has 8 heteroatoms. The van der Waals surface area contributed by atoms with E-state index in [4.69, 9.17) is 6.57 Å². The Kier molecular flexibility index (Phi) is 4.47. The molecular formula is C22H26FN5O2. The highest BCUT2D eigenvalue weighted by Gasteiger charge is 2.51. The highest BCUT2D eigenvalue weighted by Crippen LogP contribution is 2.47. The van der Waals surface area contributed by atoms with Crippen LogP contribution in [0.25, 0.3) is 15.7 Å². The Bertz CT molecular complexity index is 1170. The Morgan fingerprint density at radius 1 is 1.33 bits per heavy atom. The van der Waals surface area contributed by atoms with E-state index in [9.17, 15) is 9.59 Å². The van der Waals surface area contributed by atoms with Crippen molar-refractivity contribution in [2.75, 3.05) is 31.1 Å². The zero-order valence-corrected chi connectivity index (χ0v) is 17.1. The molecule has 0 bridgehead atoms. The highest BCUT2D eigenvalue weighted by atomic mass is 19.1. The standard InChI is InChI=1S/C22H26FN5O2/c1-13-18-16(20(29)26-21(30)28(18)15-3-4-15)11-17(23)19(13)27-10-5-14(12-27)22(6-7-22)25-9-8-24-2/h11,14-15,25H,3-10,12H2,1H3,(H,26,29,30). The minimum Gasteiger partial charge on any atom is -0.369 e. The maximum Gasteiger partial charge on any atom is 0.329 e. The van der Waals surface area contributed by atoms with Gasteiger partial charge in [0.05, 0.1) is 23.1 Å². The molecule has 2 N–H and O–H groups in total. The van der Waals surface area contributed by atoms with E-state index in [1.54, 1.807) is 4.57 Å². The fourth-order valence-electron chi connectivity index (χ4n) is 5.28. The van der Waals surface area contributed by atoms with Gasteiger partial charge in [-0.25, -0.2) is 15.8 Å². The van der Waals surface area contributed by atoms with Crippen LogP contribution in [-0.4, -0.2) is 41.3 Å². The second-order valence-electron chi connectivity index (χ2n) is 8.98. The summed E-state index contributed by atoms with van der Waals surface area (Å²) in [6.07, 6.45) is 4.96. The monoisotopic (exact) mass is 411 g/mol. The summed E-state index contributed by atoms with van der Waals surface area (Å²) >= 11 is 0. The molecule has 0 spiro atoms. The first-order valence-corrected chi connectivity index (χ1v) is 10.8. The van der Waals surface area contributed by atoms with Crippen molar-refractivity contribution < 1.29 is 4.39 Å². The van der Waals surface area contributed by atoms with Crippen LogP contribution in [0.4, 0.5) is 10.1 Å². The van der Waals surface area contributed by atoms with Crippen LogP contribution in [0.1, 0.15) is 43.7 Å². The molecule has 1 aromatic carbocycles. The third-order valence-corrected chi connectivity index (χ3v) is 7.07. The Labute approximate surface area is 173 Å². The van der Waals surface area contributed by atoms with E-state index in [0.717, 1.165) is 45.2 Å². The van der Waals surface area contributed by atoms with Gasteiger partial charge in [0, 0.05) is 30.2 Å². The number of rotatable bonds is 6. The number of nitrogens with one attached hydrogen (secondary N) is 2. The van der Waals surface area contributed by atoms with Gasteiger partial charge in [-0.1, -0.05) is 0 Å². The number of aromatic amines is 1. The van der Waals surface area contributed by atoms with Crippen LogP contribution >= 0.6 is 0 Å². The lowest BCUT2D eigenvalue weighted by atomic mass is 9.96. The summed E-state index contributed by atoms with van der Waals surface area (Å²) in [7, 11) is 0. The van der Waals surface area contributed by atoms with Crippen molar-refractivity contribution in [2.24, 2.45) is 5.92 Å². The van der Waals surface area contributed by atoms with Crippen molar-refractivity contribution in [2.45, 2.75) is 50.6 Å². The molecule has 0 radical (unpaired) electrons. The van der Waals surface area contributed by atoms with Crippen LogP contribution in [0.2, 0.25) is 0 Å². The summed E-state index contributed by atoms with van der Waals surface area (Å²) in [6.45, 7) is 11.5. The molecule has 158 valence electrons. The lowest BCUT2D eigenvalue weighted by Crippen LogP contribution is -2.41. The predicted molar refractivity (Wildman–Crippen MR) is 114 cm³/mol. The molecular weight excluding hydrogens is 385 g/mol. The molecule has 2 saturated carbocycles.